The molecule has 28 heavy (non-hydrogen) atoms. The van der Waals surface area contributed by atoms with Gasteiger partial charge in [-0.15, -0.1) is 21.5 Å². The van der Waals surface area contributed by atoms with Crippen LogP contribution < -0.4 is 4.74 Å². The number of carbonyl (C=O) groups is 1. The smallest absolute Gasteiger partial charge is 0.310 e. The van der Waals surface area contributed by atoms with Crippen molar-refractivity contribution in [3.63, 3.8) is 0 Å². The molecular weight excluding hydrogens is 384 g/mol. The number of para-hydroxylation sites is 2. The van der Waals surface area contributed by atoms with E-state index in [1.165, 1.54) is 34.4 Å². The van der Waals surface area contributed by atoms with Gasteiger partial charge in [0.2, 0.25) is 5.89 Å². The molecule has 0 atom stereocenters. The van der Waals surface area contributed by atoms with Crippen LogP contribution in [0.3, 0.4) is 0 Å². The third-order valence-corrected chi connectivity index (χ3v) is 4.64. The minimum absolute atomic E-state index is 0.0510. The molecule has 0 saturated heterocycles. The van der Waals surface area contributed by atoms with Crippen LogP contribution in [-0.2, 0) is 11.3 Å². The number of carbonyl (C=O) groups excluding carboxylic acids is 1. The molecule has 0 radical (unpaired) electrons. The number of amides is 1. The minimum atomic E-state index is -0.547. The molecule has 0 aliphatic rings. The van der Waals surface area contributed by atoms with Gasteiger partial charge in [-0.3, -0.25) is 14.9 Å². The summed E-state index contributed by atoms with van der Waals surface area (Å²) < 4.78 is 11.0. The maximum absolute atomic E-state index is 12.6. The molecule has 0 bridgehead atoms. The van der Waals surface area contributed by atoms with Crippen molar-refractivity contribution >= 4 is 22.9 Å². The molecule has 3 rings (SSSR count). The van der Waals surface area contributed by atoms with E-state index in [9.17, 15) is 14.9 Å². The third kappa shape index (κ3) is 4.71. The Labute approximate surface area is 164 Å². The largest absolute Gasteiger partial charge is 0.477 e. The van der Waals surface area contributed by atoms with Crippen molar-refractivity contribution in [1.29, 1.82) is 0 Å². The standard InChI is InChI=1S/C18H18N4O5S/c1-2-9-21(11-16-19-20-18(27-16)15-8-5-10-28-15)17(23)12-26-14-7-4-3-6-13(14)22(24)25/h3-8,10H,2,9,11-12H2,1H3. The molecule has 3 aromatic rings. The van der Waals surface area contributed by atoms with Gasteiger partial charge in [-0.1, -0.05) is 25.1 Å². The van der Waals surface area contributed by atoms with Crippen LogP contribution in [0.4, 0.5) is 5.69 Å². The molecule has 1 aromatic carbocycles. The van der Waals surface area contributed by atoms with Gasteiger partial charge in [0.05, 0.1) is 16.3 Å². The first-order valence-electron chi connectivity index (χ1n) is 8.58. The normalized spacial score (nSPS) is 10.6. The zero-order chi connectivity index (χ0) is 19.9. The molecule has 9 nitrogen and oxygen atoms in total. The highest BCUT2D eigenvalue weighted by molar-refractivity contribution is 7.13. The SMILES string of the molecule is CCCN(Cc1nnc(-c2cccs2)o1)C(=O)COc1ccccc1[N+](=O)[O-]. The van der Waals surface area contributed by atoms with E-state index < -0.39 is 4.92 Å². The van der Waals surface area contributed by atoms with Gasteiger partial charge in [-0.05, 0) is 23.9 Å². The van der Waals surface area contributed by atoms with Crippen molar-refractivity contribution in [2.45, 2.75) is 19.9 Å². The van der Waals surface area contributed by atoms with Crippen LogP contribution in [0.5, 0.6) is 5.75 Å². The fourth-order valence-electron chi connectivity index (χ4n) is 2.50. The van der Waals surface area contributed by atoms with Gasteiger partial charge in [-0.25, -0.2) is 0 Å². The Kier molecular flexibility index (Phi) is 6.33. The van der Waals surface area contributed by atoms with E-state index in [-0.39, 0.29) is 30.5 Å². The van der Waals surface area contributed by atoms with Crippen molar-refractivity contribution in [3.8, 4) is 16.5 Å². The lowest BCUT2D eigenvalue weighted by Crippen LogP contribution is -2.35. The summed E-state index contributed by atoms with van der Waals surface area (Å²) in [6, 6.07) is 9.70. The number of rotatable bonds is 9. The summed E-state index contributed by atoms with van der Waals surface area (Å²) in [5.41, 5.74) is -0.185. The van der Waals surface area contributed by atoms with Gasteiger partial charge in [0.15, 0.2) is 12.4 Å². The second kappa shape index (κ2) is 9.09. The zero-order valence-corrected chi connectivity index (χ0v) is 15.9. The van der Waals surface area contributed by atoms with E-state index in [1.54, 1.807) is 6.07 Å². The quantitative estimate of drug-likeness (QED) is 0.397. The first-order chi connectivity index (χ1) is 13.6. The average Bonchev–Trinajstić information content (AvgIpc) is 3.37. The molecule has 2 heterocycles. The van der Waals surface area contributed by atoms with Crippen LogP contribution in [0.1, 0.15) is 19.2 Å². The summed E-state index contributed by atoms with van der Waals surface area (Å²) in [7, 11) is 0. The number of benzene rings is 1. The van der Waals surface area contributed by atoms with Crippen LogP contribution in [0.2, 0.25) is 0 Å². The van der Waals surface area contributed by atoms with Gasteiger partial charge in [0.25, 0.3) is 11.8 Å². The lowest BCUT2D eigenvalue weighted by molar-refractivity contribution is -0.385. The molecular formula is C18H18N4O5S. The number of nitro benzene ring substituents is 1. The molecule has 1 amide bonds. The van der Waals surface area contributed by atoms with Crippen LogP contribution in [0.25, 0.3) is 10.8 Å². The number of nitrogens with zero attached hydrogens (tertiary/aromatic N) is 4. The highest BCUT2D eigenvalue weighted by Crippen LogP contribution is 2.26. The molecule has 0 saturated carbocycles. The van der Waals surface area contributed by atoms with Gasteiger partial charge in [0, 0.05) is 12.6 Å². The predicted octanol–water partition coefficient (Wildman–Crippen LogP) is 3.52. The second-order valence-corrected chi connectivity index (χ2v) is 6.75. The summed E-state index contributed by atoms with van der Waals surface area (Å²) in [6.45, 7) is 2.23. The van der Waals surface area contributed by atoms with E-state index in [1.807, 2.05) is 24.4 Å². The van der Waals surface area contributed by atoms with Crippen LogP contribution in [0, 0.1) is 10.1 Å². The van der Waals surface area contributed by atoms with Gasteiger partial charge < -0.3 is 14.1 Å². The zero-order valence-electron chi connectivity index (χ0n) is 15.1. The van der Waals surface area contributed by atoms with Gasteiger partial charge in [-0.2, -0.15) is 0 Å². The van der Waals surface area contributed by atoms with Crippen LogP contribution in [-0.4, -0.2) is 39.1 Å². The van der Waals surface area contributed by atoms with Crippen molar-refractivity contribution in [1.82, 2.24) is 15.1 Å². The summed E-state index contributed by atoms with van der Waals surface area (Å²) in [5, 5.41) is 21.0. The molecule has 2 aromatic heterocycles. The van der Waals surface area contributed by atoms with E-state index in [0.29, 0.717) is 18.3 Å². The summed E-state index contributed by atoms with van der Waals surface area (Å²) >= 11 is 1.48. The van der Waals surface area contributed by atoms with E-state index in [4.69, 9.17) is 9.15 Å². The molecule has 0 aliphatic carbocycles. The summed E-state index contributed by atoms with van der Waals surface area (Å²) in [6.07, 6.45) is 0.725. The Hall–Kier alpha value is -3.27. The number of nitro groups is 1. The van der Waals surface area contributed by atoms with E-state index in [2.05, 4.69) is 10.2 Å². The molecule has 0 spiro atoms. The molecule has 0 fully saturated rings. The lowest BCUT2D eigenvalue weighted by Gasteiger charge is -2.20. The number of hydrogen-bond acceptors (Lipinski definition) is 8. The predicted molar refractivity (Wildman–Crippen MR) is 102 cm³/mol. The van der Waals surface area contributed by atoms with Crippen LogP contribution >= 0.6 is 11.3 Å². The molecule has 10 heteroatoms. The number of thiophene rings is 1. The Balaban J connectivity index is 1.65. The van der Waals surface area contributed by atoms with Gasteiger partial charge >= 0.3 is 5.69 Å². The molecule has 0 N–H and O–H groups in total. The maximum atomic E-state index is 12.6. The summed E-state index contributed by atoms with van der Waals surface area (Å²) in [4.78, 5) is 25.5. The average molecular weight is 402 g/mol. The summed E-state index contributed by atoms with van der Waals surface area (Å²) in [5.74, 6) is 0.451. The van der Waals surface area contributed by atoms with Crippen molar-refractivity contribution in [3.05, 3.63) is 57.8 Å². The molecule has 0 aliphatic heterocycles. The number of ether oxygens (including phenoxy) is 1. The van der Waals surface area contributed by atoms with Crippen molar-refractivity contribution in [2.24, 2.45) is 0 Å². The Bertz CT molecular complexity index is 941. The number of hydrogen-bond donors (Lipinski definition) is 0. The highest BCUT2D eigenvalue weighted by atomic mass is 32.1. The topological polar surface area (TPSA) is 112 Å². The van der Waals surface area contributed by atoms with Crippen molar-refractivity contribution < 1.29 is 18.9 Å². The number of aromatic nitrogens is 2. The minimum Gasteiger partial charge on any atom is -0.477 e. The van der Waals surface area contributed by atoms with Crippen molar-refractivity contribution in [2.75, 3.05) is 13.2 Å². The first kappa shape index (κ1) is 19.5. The highest BCUT2D eigenvalue weighted by Gasteiger charge is 2.20. The van der Waals surface area contributed by atoms with Gasteiger partial charge in [0.1, 0.15) is 0 Å². The Morgan fingerprint density at radius 2 is 2.11 bits per heavy atom. The Morgan fingerprint density at radius 1 is 1.29 bits per heavy atom. The molecule has 146 valence electrons. The molecule has 0 unspecified atom stereocenters. The van der Waals surface area contributed by atoms with Crippen LogP contribution in [0.15, 0.2) is 46.2 Å². The second-order valence-electron chi connectivity index (χ2n) is 5.81. The monoisotopic (exact) mass is 402 g/mol. The fourth-order valence-corrected chi connectivity index (χ4v) is 3.15. The third-order valence-electron chi connectivity index (χ3n) is 3.78. The maximum Gasteiger partial charge on any atom is 0.310 e. The lowest BCUT2D eigenvalue weighted by atomic mass is 10.3. The van der Waals surface area contributed by atoms with E-state index >= 15 is 0 Å². The first-order valence-corrected chi connectivity index (χ1v) is 9.46. The fraction of sp³-hybridized carbons (Fsp3) is 0.278. The Morgan fingerprint density at radius 3 is 2.82 bits per heavy atom. The van der Waals surface area contributed by atoms with E-state index in [0.717, 1.165) is 11.3 Å².